The van der Waals surface area contributed by atoms with E-state index in [2.05, 4.69) is 0 Å². The van der Waals surface area contributed by atoms with Crippen molar-refractivity contribution in [2.24, 2.45) is 0 Å². The molecule has 0 N–H and O–H groups in total. The lowest BCUT2D eigenvalue weighted by molar-refractivity contribution is -0.108. The van der Waals surface area contributed by atoms with Crippen molar-refractivity contribution in [2.45, 2.75) is 12.8 Å². The summed E-state index contributed by atoms with van der Waals surface area (Å²) < 4.78 is 0. The predicted molar refractivity (Wildman–Crippen MR) is 50.6 cm³/mol. The van der Waals surface area contributed by atoms with Crippen molar-refractivity contribution < 1.29 is 4.79 Å². The van der Waals surface area contributed by atoms with E-state index in [9.17, 15) is 4.79 Å². The summed E-state index contributed by atoms with van der Waals surface area (Å²) in [6.07, 6.45) is 0.780. The molecule has 0 saturated heterocycles. The van der Waals surface area contributed by atoms with Gasteiger partial charge in [-0.2, -0.15) is 5.26 Å². The van der Waals surface area contributed by atoms with Crippen LogP contribution >= 0.6 is 11.6 Å². The standard InChI is InChI=1S/C10H8ClNO/c1-7(6-13)10-8(5-12)3-2-4-9(10)11/h2-4,6-7H,1H3. The van der Waals surface area contributed by atoms with Crippen molar-refractivity contribution in [1.82, 2.24) is 0 Å². The highest BCUT2D eigenvalue weighted by atomic mass is 35.5. The average molecular weight is 194 g/mol. The first-order valence-corrected chi connectivity index (χ1v) is 4.22. The quantitative estimate of drug-likeness (QED) is 0.678. The number of hydrogen-bond donors (Lipinski definition) is 0. The Morgan fingerprint density at radius 2 is 2.31 bits per heavy atom. The molecule has 0 aliphatic heterocycles. The third kappa shape index (κ3) is 1.88. The predicted octanol–water partition coefficient (Wildman–Crippen LogP) is 2.51. The van der Waals surface area contributed by atoms with E-state index in [1.54, 1.807) is 25.1 Å². The van der Waals surface area contributed by atoms with Gasteiger partial charge in [-0.1, -0.05) is 24.6 Å². The van der Waals surface area contributed by atoms with Gasteiger partial charge in [0.05, 0.1) is 11.6 Å². The highest BCUT2D eigenvalue weighted by Gasteiger charge is 2.12. The second-order valence-electron chi connectivity index (χ2n) is 2.74. The van der Waals surface area contributed by atoms with E-state index in [1.165, 1.54) is 0 Å². The maximum atomic E-state index is 10.6. The Labute approximate surface area is 81.7 Å². The number of rotatable bonds is 2. The highest BCUT2D eigenvalue weighted by molar-refractivity contribution is 6.31. The van der Waals surface area contributed by atoms with Crippen LogP contribution in [0.15, 0.2) is 18.2 Å². The summed E-state index contributed by atoms with van der Waals surface area (Å²) in [7, 11) is 0. The van der Waals surface area contributed by atoms with Gasteiger partial charge in [-0.15, -0.1) is 0 Å². The number of halogens is 1. The van der Waals surface area contributed by atoms with E-state index >= 15 is 0 Å². The summed E-state index contributed by atoms with van der Waals surface area (Å²) in [6.45, 7) is 1.72. The van der Waals surface area contributed by atoms with Crippen LogP contribution in [-0.4, -0.2) is 6.29 Å². The van der Waals surface area contributed by atoms with Crippen LogP contribution in [0, 0.1) is 11.3 Å². The van der Waals surface area contributed by atoms with Crippen molar-refractivity contribution in [1.29, 1.82) is 5.26 Å². The fourth-order valence-corrected chi connectivity index (χ4v) is 1.51. The summed E-state index contributed by atoms with van der Waals surface area (Å²) in [6, 6.07) is 7.04. The normalized spacial score (nSPS) is 11.8. The second kappa shape index (κ2) is 4.06. The Balaban J connectivity index is 3.32. The van der Waals surface area contributed by atoms with Gasteiger partial charge in [0.2, 0.25) is 0 Å². The van der Waals surface area contributed by atoms with Crippen molar-refractivity contribution in [3.05, 3.63) is 34.3 Å². The van der Waals surface area contributed by atoms with Crippen molar-refractivity contribution in [3.63, 3.8) is 0 Å². The van der Waals surface area contributed by atoms with Crippen LogP contribution in [0.2, 0.25) is 5.02 Å². The lowest BCUT2D eigenvalue weighted by Crippen LogP contribution is -1.98. The Morgan fingerprint density at radius 3 is 2.85 bits per heavy atom. The van der Waals surface area contributed by atoms with E-state index in [1.807, 2.05) is 6.07 Å². The molecule has 0 spiro atoms. The summed E-state index contributed by atoms with van der Waals surface area (Å²) >= 11 is 5.87. The largest absolute Gasteiger partial charge is 0.303 e. The van der Waals surface area contributed by atoms with Crippen LogP contribution in [0.4, 0.5) is 0 Å². The summed E-state index contributed by atoms with van der Waals surface area (Å²) in [5.74, 6) is -0.330. The molecule has 1 unspecified atom stereocenters. The molecular formula is C10H8ClNO. The monoisotopic (exact) mass is 193 g/mol. The first-order valence-electron chi connectivity index (χ1n) is 3.84. The van der Waals surface area contributed by atoms with E-state index in [-0.39, 0.29) is 5.92 Å². The van der Waals surface area contributed by atoms with Gasteiger partial charge in [0.25, 0.3) is 0 Å². The molecular weight excluding hydrogens is 186 g/mol. The number of aldehydes is 1. The number of benzene rings is 1. The van der Waals surface area contributed by atoms with Gasteiger partial charge in [-0.05, 0) is 17.7 Å². The Hall–Kier alpha value is -1.33. The van der Waals surface area contributed by atoms with Crippen LogP contribution in [0.5, 0.6) is 0 Å². The lowest BCUT2D eigenvalue weighted by Gasteiger charge is -2.08. The van der Waals surface area contributed by atoms with Crippen LogP contribution in [0.25, 0.3) is 0 Å². The molecule has 0 aromatic heterocycles. The lowest BCUT2D eigenvalue weighted by atomic mass is 9.97. The molecule has 1 atom stereocenters. The number of nitrogens with zero attached hydrogens (tertiary/aromatic N) is 1. The van der Waals surface area contributed by atoms with Crippen molar-refractivity contribution >= 4 is 17.9 Å². The molecule has 1 rings (SSSR count). The molecule has 2 nitrogen and oxygen atoms in total. The van der Waals surface area contributed by atoms with Gasteiger partial charge < -0.3 is 4.79 Å². The van der Waals surface area contributed by atoms with Crippen LogP contribution in [0.1, 0.15) is 24.0 Å². The van der Waals surface area contributed by atoms with Gasteiger partial charge in [0.1, 0.15) is 6.29 Å². The van der Waals surface area contributed by atoms with Crippen LogP contribution in [-0.2, 0) is 4.79 Å². The number of carbonyl (C=O) groups excluding carboxylic acids is 1. The molecule has 1 aromatic carbocycles. The fourth-order valence-electron chi connectivity index (χ4n) is 1.17. The number of nitriles is 1. The van der Waals surface area contributed by atoms with Gasteiger partial charge >= 0.3 is 0 Å². The first-order chi connectivity index (χ1) is 6.20. The number of hydrogen-bond acceptors (Lipinski definition) is 2. The van der Waals surface area contributed by atoms with Gasteiger partial charge in [-0.25, -0.2) is 0 Å². The zero-order valence-corrected chi connectivity index (χ0v) is 7.88. The summed E-state index contributed by atoms with van der Waals surface area (Å²) in [4.78, 5) is 10.6. The summed E-state index contributed by atoms with van der Waals surface area (Å²) in [5, 5.41) is 9.23. The minimum absolute atomic E-state index is 0.330. The zero-order chi connectivity index (χ0) is 9.84. The molecule has 13 heavy (non-hydrogen) atoms. The van der Waals surface area contributed by atoms with Gasteiger partial charge in [-0.3, -0.25) is 0 Å². The molecule has 0 bridgehead atoms. The molecule has 66 valence electrons. The van der Waals surface area contributed by atoms with E-state index in [0.29, 0.717) is 16.1 Å². The Bertz CT molecular complexity index is 368. The molecule has 1 aromatic rings. The maximum absolute atomic E-state index is 10.6. The maximum Gasteiger partial charge on any atom is 0.127 e. The molecule has 0 amide bonds. The third-order valence-corrected chi connectivity index (χ3v) is 2.16. The van der Waals surface area contributed by atoms with Crippen LogP contribution in [0.3, 0.4) is 0 Å². The topological polar surface area (TPSA) is 40.9 Å². The Morgan fingerprint density at radius 1 is 1.62 bits per heavy atom. The Kier molecular flexibility index (Phi) is 3.05. The van der Waals surface area contributed by atoms with Crippen molar-refractivity contribution in [3.8, 4) is 6.07 Å². The van der Waals surface area contributed by atoms with E-state index in [0.717, 1.165) is 6.29 Å². The van der Waals surface area contributed by atoms with Crippen molar-refractivity contribution in [2.75, 3.05) is 0 Å². The second-order valence-corrected chi connectivity index (χ2v) is 3.14. The smallest absolute Gasteiger partial charge is 0.127 e. The molecule has 0 radical (unpaired) electrons. The molecule has 3 heteroatoms. The zero-order valence-electron chi connectivity index (χ0n) is 7.12. The molecule has 0 heterocycles. The fraction of sp³-hybridized carbons (Fsp3) is 0.200. The highest BCUT2D eigenvalue weighted by Crippen LogP contribution is 2.26. The molecule has 0 aliphatic carbocycles. The molecule has 0 saturated carbocycles. The first kappa shape index (κ1) is 9.76. The minimum Gasteiger partial charge on any atom is -0.303 e. The minimum atomic E-state index is -0.330. The van der Waals surface area contributed by atoms with E-state index < -0.39 is 0 Å². The van der Waals surface area contributed by atoms with Gasteiger partial charge in [0, 0.05) is 10.9 Å². The SMILES string of the molecule is CC(C=O)c1c(Cl)cccc1C#N. The molecule has 0 aliphatic rings. The summed E-state index contributed by atoms with van der Waals surface area (Å²) in [5.41, 5.74) is 1.08. The number of carbonyl (C=O) groups is 1. The average Bonchev–Trinajstić information content (AvgIpc) is 2.16. The van der Waals surface area contributed by atoms with Crippen LogP contribution < -0.4 is 0 Å². The molecule has 0 fully saturated rings. The van der Waals surface area contributed by atoms with E-state index in [4.69, 9.17) is 16.9 Å². The van der Waals surface area contributed by atoms with Gasteiger partial charge in [0.15, 0.2) is 0 Å². The third-order valence-electron chi connectivity index (χ3n) is 1.83.